The Balaban J connectivity index is 1.73. The highest BCUT2D eigenvalue weighted by molar-refractivity contribution is 5.32. The van der Waals surface area contributed by atoms with Crippen LogP contribution in [0.3, 0.4) is 0 Å². The number of hydrogen-bond donors (Lipinski definition) is 1. The Morgan fingerprint density at radius 3 is 2.56 bits per heavy atom. The molecule has 0 radical (unpaired) electrons. The van der Waals surface area contributed by atoms with Crippen LogP contribution in [0.4, 0.5) is 0 Å². The number of rotatable bonds is 2. The molecule has 1 aromatic carbocycles. The van der Waals surface area contributed by atoms with Crippen LogP contribution in [0.1, 0.15) is 24.8 Å². The predicted molar refractivity (Wildman–Crippen MR) is 64.5 cm³/mol. The van der Waals surface area contributed by atoms with Gasteiger partial charge in [0.25, 0.3) is 0 Å². The maximum absolute atomic E-state index is 9.79. The molecular weight excluding hydrogens is 198 g/mol. The lowest BCUT2D eigenvalue weighted by Crippen LogP contribution is -2.49. The molecule has 1 atom stereocenters. The molecule has 0 spiro atoms. The van der Waals surface area contributed by atoms with Gasteiger partial charge in [-0.05, 0) is 56.3 Å². The summed E-state index contributed by atoms with van der Waals surface area (Å²) in [5.74, 6) is 1.41. The minimum Gasteiger partial charge on any atom is -0.508 e. The van der Waals surface area contributed by atoms with Crippen molar-refractivity contribution in [2.75, 3.05) is 13.1 Å². The summed E-state index contributed by atoms with van der Waals surface area (Å²) in [6, 6.07) is 8.43. The van der Waals surface area contributed by atoms with Crippen molar-refractivity contribution in [2.24, 2.45) is 5.92 Å². The fourth-order valence-electron chi connectivity index (χ4n) is 3.24. The van der Waals surface area contributed by atoms with Crippen LogP contribution in [-0.2, 0) is 6.42 Å². The van der Waals surface area contributed by atoms with Crippen LogP contribution in [0.15, 0.2) is 24.3 Å². The van der Waals surface area contributed by atoms with E-state index in [2.05, 4.69) is 11.0 Å². The number of benzene rings is 1. The zero-order valence-corrected chi connectivity index (χ0v) is 9.60. The van der Waals surface area contributed by atoms with Crippen molar-refractivity contribution in [1.29, 1.82) is 0 Å². The highest BCUT2D eigenvalue weighted by Gasteiger charge is 2.33. The third kappa shape index (κ3) is 1.82. The highest BCUT2D eigenvalue weighted by Crippen LogP contribution is 2.34. The Bertz CT molecular complexity index is 369. The van der Waals surface area contributed by atoms with Crippen LogP contribution in [0.2, 0.25) is 0 Å². The molecule has 1 N–H and O–H groups in total. The van der Waals surface area contributed by atoms with Gasteiger partial charge in [-0.1, -0.05) is 18.2 Å². The maximum Gasteiger partial charge on any atom is 0.118 e. The lowest BCUT2D eigenvalue weighted by atomic mass is 9.81. The van der Waals surface area contributed by atoms with E-state index in [1.54, 1.807) is 6.07 Å². The van der Waals surface area contributed by atoms with Crippen molar-refractivity contribution in [3.63, 3.8) is 0 Å². The predicted octanol–water partition coefficient (Wildman–Crippen LogP) is 2.42. The lowest BCUT2D eigenvalue weighted by molar-refractivity contribution is 0.0496. The highest BCUT2D eigenvalue weighted by atomic mass is 16.3. The lowest BCUT2D eigenvalue weighted by Gasteiger charge is -2.45. The number of hydrogen-bond acceptors (Lipinski definition) is 2. The molecule has 3 fully saturated rings. The maximum atomic E-state index is 9.79. The van der Waals surface area contributed by atoms with Crippen molar-refractivity contribution in [1.82, 2.24) is 4.90 Å². The van der Waals surface area contributed by atoms with E-state index in [0.717, 1.165) is 17.9 Å². The number of nitrogens with zero attached hydrogens (tertiary/aromatic N) is 1. The molecule has 3 aliphatic rings. The normalized spacial score (nSPS) is 32.9. The molecule has 2 nitrogen and oxygen atoms in total. The van der Waals surface area contributed by atoms with E-state index in [4.69, 9.17) is 0 Å². The molecule has 0 saturated carbocycles. The second kappa shape index (κ2) is 4.10. The van der Waals surface area contributed by atoms with Crippen molar-refractivity contribution >= 4 is 0 Å². The monoisotopic (exact) mass is 217 g/mol. The first kappa shape index (κ1) is 10.2. The molecule has 16 heavy (non-hydrogen) atoms. The van der Waals surface area contributed by atoms with E-state index in [9.17, 15) is 5.11 Å². The van der Waals surface area contributed by atoms with Gasteiger partial charge in [0.1, 0.15) is 5.75 Å². The average molecular weight is 217 g/mol. The van der Waals surface area contributed by atoms with E-state index in [1.165, 1.54) is 32.4 Å². The summed E-state index contributed by atoms with van der Waals surface area (Å²) in [7, 11) is 0. The molecule has 3 aliphatic heterocycles. The van der Waals surface area contributed by atoms with Crippen molar-refractivity contribution in [2.45, 2.75) is 31.7 Å². The van der Waals surface area contributed by atoms with Crippen LogP contribution in [-0.4, -0.2) is 29.1 Å². The molecule has 2 heteroatoms. The second-order valence-corrected chi connectivity index (χ2v) is 5.20. The van der Waals surface area contributed by atoms with E-state index in [0.29, 0.717) is 11.8 Å². The largest absolute Gasteiger partial charge is 0.508 e. The smallest absolute Gasteiger partial charge is 0.118 e. The summed E-state index contributed by atoms with van der Waals surface area (Å²) in [6.07, 6.45) is 5.12. The zero-order valence-electron chi connectivity index (χ0n) is 9.60. The Hall–Kier alpha value is -1.02. The summed E-state index contributed by atoms with van der Waals surface area (Å²) >= 11 is 0. The molecule has 3 heterocycles. The van der Waals surface area contributed by atoms with Gasteiger partial charge in [-0.15, -0.1) is 0 Å². The van der Waals surface area contributed by atoms with Gasteiger partial charge in [-0.25, -0.2) is 0 Å². The summed E-state index contributed by atoms with van der Waals surface area (Å²) < 4.78 is 0. The third-order valence-electron chi connectivity index (χ3n) is 4.22. The number of piperidine rings is 3. The first-order valence-corrected chi connectivity index (χ1v) is 6.34. The molecule has 1 aromatic rings. The second-order valence-electron chi connectivity index (χ2n) is 5.20. The minimum atomic E-state index is 0.463. The molecule has 2 bridgehead atoms. The van der Waals surface area contributed by atoms with Gasteiger partial charge in [0.05, 0.1) is 0 Å². The van der Waals surface area contributed by atoms with Crippen LogP contribution < -0.4 is 0 Å². The van der Waals surface area contributed by atoms with E-state index < -0.39 is 0 Å². The van der Waals surface area contributed by atoms with Gasteiger partial charge < -0.3 is 10.0 Å². The molecule has 4 rings (SSSR count). The Labute approximate surface area is 96.9 Å². The Kier molecular flexibility index (Phi) is 2.60. The summed E-state index contributed by atoms with van der Waals surface area (Å²) in [5, 5.41) is 9.79. The molecule has 0 amide bonds. The van der Waals surface area contributed by atoms with Crippen molar-refractivity contribution in [3.05, 3.63) is 29.8 Å². The van der Waals surface area contributed by atoms with E-state index in [1.807, 2.05) is 12.1 Å². The van der Waals surface area contributed by atoms with Crippen molar-refractivity contribution in [3.8, 4) is 5.75 Å². The van der Waals surface area contributed by atoms with Gasteiger partial charge in [-0.2, -0.15) is 0 Å². The molecule has 3 saturated heterocycles. The minimum absolute atomic E-state index is 0.463. The summed E-state index contributed by atoms with van der Waals surface area (Å²) in [6.45, 7) is 2.53. The molecular formula is C14H19NO. The summed E-state index contributed by atoms with van der Waals surface area (Å²) in [5.41, 5.74) is 1.11. The standard InChI is InChI=1S/C14H19NO/c16-14-4-2-1-3-12(14)10-13-9-11-5-7-15(13)8-6-11/h1-4,11,13,16H,5-10H2/t13-/m0/s1. The molecule has 0 aliphatic carbocycles. The Morgan fingerprint density at radius 2 is 1.94 bits per heavy atom. The Morgan fingerprint density at radius 1 is 1.19 bits per heavy atom. The molecule has 0 aromatic heterocycles. The SMILES string of the molecule is Oc1ccccc1C[C@@H]1CC2CCN1CC2. The van der Waals surface area contributed by atoms with Gasteiger partial charge in [0.2, 0.25) is 0 Å². The number of aromatic hydroxyl groups is 1. The van der Waals surface area contributed by atoms with Crippen LogP contribution in [0, 0.1) is 5.92 Å². The van der Waals surface area contributed by atoms with E-state index in [-0.39, 0.29) is 0 Å². The van der Waals surface area contributed by atoms with Crippen molar-refractivity contribution < 1.29 is 5.11 Å². The fraction of sp³-hybridized carbons (Fsp3) is 0.571. The zero-order chi connectivity index (χ0) is 11.0. The van der Waals surface area contributed by atoms with Gasteiger partial charge in [0.15, 0.2) is 0 Å². The van der Waals surface area contributed by atoms with Gasteiger partial charge >= 0.3 is 0 Å². The quantitative estimate of drug-likeness (QED) is 0.822. The van der Waals surface area contributed by atoms with Crippen LogP contribution in [0.5, 0.6) is 5.75 Å². The number of phenols is 1. The molecule has 86 valence electrons. The van der Waals surface area contributed by atoms with Gasteiger partial charge in [-0.3, -0.25) is 0 Å². The van der Waals surface area contributed by atoms with E-state index >= 15 is 0 Å². The third-order valence-corrected chi connectivity index (χ3v) is 4.22. The molecule has 0 unspecified atom stereocenters. The first-order valence-electron chi connectivity index (χ1n) is 6.34. The number of fused-ring (bicyclic) bond motifs is 3. The summed E-state index contributed by atoms with van der Waals surface area (Å²) in [4.78, 5) is 2.60. The topological polar surface area (TPSA) is 23.5 Å². The van der Waals surface area contributed by atoms with Gasteiger partial charge in [0, 0.05) is 6.04 Å². The van der Waals surface area contributed by atoms with Crippen LogP contribution >= 0.6 is 0 Å². The number of phenolic OH excluding ortho intramolecular Hbond substituents is 1. The average Bonchev–Trinajstić information content (AvgIpc) is 2.34. The van der Waals surface area contributed by atoms with Crippen LogP contribution in [0.25, 0.3) is 0 Å². The fourth-order valence-corrected chi connectivity index (χ4v) is 3.24. The first-order chi connectivity index (χ1) is 7.83. The number of para-hydroxylation sites is 1.